The lowest BCUT2D eigenvalue weighted by molar-refractivity contribution is -0.153. The van der Waals surface area contributed by atoms with Crippen LogP contribution in [0.1, 0.15) is 18.7 Å². The Morgan fingerprint density at radius 3 is 2.50 bits per heavy atom. The Labute approximate surface area is 101 Å². The summed E-state index contributed by atoms with van der Waals surface area (Å²) in [5, 5.41) is 2.05. The number of rotatable bonds is 8. The summed E-state index contributed by atoms with van der Waals surface area (Å²) in [5.41, 5.74) is 2.77. The maximum Gasteiger partial charge on any atom is 0.174 e. The van der Waals surface area contributed by atoms with E-state index in [1.54, 1.807) is 11.3 Å². The van der Waals surface area contributed by atoms with E-state index in [1.165, 1.54) is 4.88 Å². The van der Waals surface area contributed by atoms with Crippen molar-refractivity contribution >= 4 is 11.3 Å². The molecule has 5 heteroatoms. The van der Waals surface area contributed by atoms with Crippen molar-refractivity contribution in [2.24, 2.45) is 5.84 Å². The number of hydrazine groups is 1. The largest absolute Gasteiger partial charge is 0.351 e. The van der Waals surface area contributed by atoms with Crippen molar-refractivity contribution in [3.63, 3.8) is 0 Å². The van der Waals surface area contributed by atoms with E-state index in [2.05, 4.69) is 16.9 Å². The molecule has 1 aromatic heterocycles. The molecule has 1 atom stereocenters. The van der Waals surface area contributed by atoms with E-state index in [0.717, 1.165) is 6.42 Å². The summed E-state index contributed by atoms with van der Waals surface area (Å²) in [6.45, 7) is 5.13. The molecule has 1 heterocycles. The van der Waals surface area contributed by atoms with Crippen molar-refractivity contribution < 1.29 is 9.47 Å². The first kappa shape index (κ1) is 13.6. The molecule has 0 aromatic carbocycles. The van der Waals surface area contributed by atoms with E-state index in [-0.39, 0.29) is 12.3 Å². The number of nitrogens with one attached hydrogen (secondary N) is 1. The smallest absolute Gasteiger partial charge is 0.174 e. The Morgan fingerprint density at radius 2 is 2.06 bits per heavy atom. The molecule has 0 bridgehead atoms. The van der Waals surface area contributed by atoms with Crippen LogP contribution in [0.25, 0.3) is 0 Å². The van der Waals surface area contributed by atoms with Crippen molar-refractivity contribution in [3.05, 3.63) is 22.4 Å². The second kappa shape index (κ2) is 7.76. The molecule has 1 rings (SSSR count). The molecule has 1 unspecified atom stereocenters. The van der Waals surface area contributed by atoms with E-state index in [0.29, 0.717) is 13.2 Å². The summed E-state index contributed by atoms with van der Waals surface area (Å²) in [6, 6.07) is 4.10. The molecule has 92 valence electrons. The van der Waals surface area contributed by atoms with Crippen molar-refractivity contribution in [3.8, 4) is 0 Å². The van der Waals surface area contributed by atoms with Crippen molar-refractivity contribution in [2.45, 2.75) is 32.6 Å². The van der Waals surface area contributed by atoms with Crippen LogP contribution >= 0.6 is 11.3 Å². The summed E-state index contributed by atoms with van der Waals surface area (Å²) >= 11 is 1.71. The Balaban J connectivity index is 2.55. The highest BCUT2D eigenvalue weighted by Gasteiger charge is 2.21. The topological polar surface area (TPSA) is 56.5 Å². The van der Waals surface area contributed by atoms with Gasteiger partial charge in [0.1, 0.15) is 0 Å². The van der Waals surface area contributed by atoms with E-state index in [4.69, 9.17) is 15.3 Å². The molecule has 4 nitrogen and oxygen atoms in total. The van der Waals surface area contributed by atoms with E-state index >= 15 is 0 Å². The van der Waals surface area contributed by atoms with Gasteiger partial charge in [-0.3, -0.25) is 11.3 Å². The molecule has 0 amide bonds. The normalized spacial score (nSPS) is 13.2. The first-order valence-electron chi connectivity index (χ1n) is 5.53. The van der Waals surface area contributed by atoms with Gasteiger partial charge >= 0.3 is 0 Å². The van der Waals surface area contributed by atoms with Crippen LogP contribution in [0.4, 0.5) is 0 Å². The third-order valence-electron chi connectivity index (χ3n) is 2.21. The highest BCUT2D eigenvalue weighted by Crippen LogP contribution is 2.14. The third kappa shape index (κ3) is 4.19. The number of hydrogen-bond acceptors (Lipinski definition) is 5. The summed E-state index contributed by atoms with van der Waals surface area (Å²) in [4.78, 5) is 1.27. The molecule has 3 N–H and O–H groups in total. The average molecular weight is 244 g/mol. The van der Waals surface area contributed by atoms with Crippen molar-refractivity contribution in [1.82, 2.24) is 5.43 Å². The van der Waals surface area contributed by atoms with Crippen molar-refractivity contribution in [2.75, 3.05) is 13.2 Å². The Hall–Kier alpha value is -0.460. The fourth-order valence-electron chi connectivity index (χ4n) is 1.49. The van der Waals surface area contributed by atoms with E-state index < -0.39 is 0 Å². The first-order valence-corrected chi connectivity index (χ1v) is 6.41. The van der Waals surface area contributed by atoms with E-state index in [1.807, 2.05) is 19.9 Å². The van der Waals surface area contributed by atoms with Crippen LogP contribution in [0, 0.1) is 0 Å². The maximum absolute atomic E-state index is 5.55. The van der Waals surface area contributed by atoms with Gasteiger partial charge in [-0.25, -0.2) is 0 Å². The summed E-state index contributed by atoms with van der Waals surface area (Å²) in [6.07, 6.45) is 0.529. The van der Waals surface area contributed by atoms with Crippen LogP contribution in [0.2, 0.25) is 0 Å². The molecular formula is C11H20N2O2S. The molecular weight excluding hydrogens is 224 g/mol. The molecule has 0 aliphatic rings. The summed E-state index contributed by atoms with van der Waals surface area (Å²) < 4.78 is 11.0. The Bertz CT molecular complexity index is 261. The fourth-order valence-corrected chi connectivity index (χ4v) is 2.25. The zero-order valence-corrected chi connectivity index (χ0v) is 10.6. The van der Waals surface area contributed by atoms with Crippen LogP contribution in [0.3, 0.4) is 0 Å². The lowest BCUT2D eigenvalue weighted by Crippen LogP contribution is -2.47. The quantitative estimate of drug-likeness (QED) is 0.413. The van der Waals surface area contributed by atoms with Crippen LogP contribution in [-0.2, 0) is 15.9 Å². The highest BCUT2D eigenvalue weighted by molar-refractivity contribution is 7.09. The van der Waals surface area contributed by atoms with Crippen LogP contribution in [0.5, 0.6) is 0 Å². The van der Waals surface area contributed by atoms with Gasteiger partial charge in [0.2, 0.25) is 0 Å². The lowest BCUT2D eigenvalue weighted by Gasteiger charge is -2.25. The molecule has 0 fully saturated rings. The number of nitrogens with two attached hydrogens (primary N) is 1. The minimum Gasteiger partial charge on any atom is -0.351 e. The predicted octanol–water partition coefficient (Wildman–Crippen LogP) is 1.52. The minimum absolute atomic E-state index is 0.0152. The molecule has 0 radical (unpaired) electrons. The molecule has 16 heavy (non-hydrogen) atoms. The predicted molar refractivity (Wildman–Crippen MR) is 66.2 cm³/mol. The number of hydrogen-bond donors (Lipinski definition) is 2. The van der Waals surface area contributed by atoms with Crippen LogP contribution in [0.15, 0.2) is 17.5 Å². The molecule has 0 aliphatic heterocycles. The minimum atomic E-state index is -0.290. The molecule has 0 saturated heterocycles. The molecule has 0 aliphatic carbocycles. The Kier molecular flexibility index (Phi) is 6.59. The third-order valence-corrected chi connectivity index (χ3v) is 3.10. The van der Waals surface area contributed by atoms with Gasteiger partial charge in [0.25, 0.3) is 0 Å². The van der Waals surface area contributed by atoms with Gasteiger partial charge in [-0.1, -0.05) is 6.07 Å². The maximum atomic E-state index is 5.55. The van der Waals surface area contributed by atoms with Crippen LogP contribution < -0.4 is 11.3 Å². The highest BCUT2D eigenvalue weighted by atomic mass is 32.1. The van der Waals surface area contributed by atoms with Crippen molar-refractivity contribution in [1.29, 1.82) is 0 Å². The van der Waals surface area contributed by atoms with E-state index in [9.17, 15) is 0 Å². The molecule has 0 spiro atoms. The van der Waals surface area contributed by atoms with Gasteiger partial charge in [-0.15, -0.1) is 11.3 Å². The molecule has 0 saturated carbocycles. The SMILES string of the molecule is CCOC(OCC)C(Cc1cccs1)NN. The fraction of sp³-hybridized carbons (Fsp3) is 0.636. The monoisotopic (exact) mass is 244 g/mol. The zero-order valence-electron chi connectivity index (χ0n) is 9.81. The number of ether oxygens (including phenoxy) is 2. The lowest BCUT2D eigenvalue weighted by atomic mass is 10.2. The second-order valence-corrected chi connectivity index (χ2v) is 4.37. The van der Waals surface area contributed by atoms with Crippen LogP contribution in [-0.4, -0.2) is 25.5 Å². The summed E-state index contributed by atoms with van der Waals surface area (Å²) in [7, 11) is 0. The molecule has 1 aromatic rings. The van der Waals surface area contributed by atoms with Gasteiger partial charge in [-0.2, -0.15) is 0 Å². The summed E-state index contributed by atoms with van der Waals surface area (Å²) in [5.74, 6) is 5.55. The van der Waals surface area contributed by atoms with Gasteiger partial charge in [0.15, 0.2) is 6.29 Å². The standard InChI is InChI=1S/C11H20N2O2S/c1-3-14-11(15-4-2)10(13-12)8-9-6-5-7-16-9/h5-7,10-11,13H,3-4,8,12H2,1-2H3. The first-order chi connectivity index (χ1) is 7.81. The van der Waals surface area contributed by atoms with Gasteiger partial charge in [0, 0.05) is 24.5 Å². The van der Waals surface area contributed by atoms with Gasteiger partial charge in [0.05, 0.1) is 6.04 Å². The Morgan fingerprint density at radius 1 is 1.38 bits per heavy atom. The number of thiophene rings is 1. The van der Waals surface area contributed by atoms with Gasteiger partial charge in [-0.05, 0) is 25.3 Å². The second-order valence-electron chi connectivity index (χ2n) is 3.34. The average Bonchev–Trinajstić information content (AvgIpc) is 2.78. The zero-order chi connectivity index (χ0) is 11.8. The van der Waals surface area contributed by atoms with Gasteiger partial charge < -0.3 is 9.47 Å².